The number of aldehydes is 1. The highest BCUT2D eigenvalue weighted by Crippen LogP contribution is 2.62. The molecule has 1 amide bonds. The smallest absolute Gasteiger partial charge is 0.223 e. The lowest BCUT2D eigenvalue weighted by molar-refractivity contribution is -0.126. The van der Waals surface area contributed by atoms with Crippen LogP contribution in [0, 0.1) is 34.5 Å². The van der Waals surface area contributed by atoms with Crippen molar-refractivity contribution in [2.24, 2.45) is 40.2 Å². The number of hydrogen-bond donors (Lipinski definition) is 4. The zero-order valence-corrected chi connectivity index (χ0v) is 29.0. The molecule has 0 bridgehead atoms. The summed E-state index contributed by atoms with van der Waals surface area (Å²) in [4.78, 5) is 27.0. The number of nitrogens with zero attached hydrogens (tertiary/aromatic N) is 1. The SMILES string of the molecule is C=C(NC(C(=C)N(C)C[C@H]1C(C(C)C(=O)NC(CC(C)C)C(=C)C=O)C1(C)C)C(C)(C)C)NC1(C)CCCCC1.CN. The molecule has 5 N–H and O–H groups in total. The van der Waals surface area contributed by atoms with Gasteiger partial charge in [0.15, 0.2) is 0 Å². The Bertz CT molecular complexity index is 942. The van der Waals surface area contributed by atoms with Gasteiger partial charge in [0.05, 0.1) is 17.9 Å². The lowest BCUT2D eigenvalue weighted by Crippen LogP contribution is -2.52. The Morgan fingerprint density at radius 3 is 2.05 bits per heavy atom. The molecule has 0 radical (unpaired) electrons. The van der Waals surface area contributed by atoms with Crippen molar-refractivity contribution in [2.75, 3.05) is 20.6 Å². The maximum atomic E-state index is 13.3. The Morgan fingerprint density at radius 2 is 1.57 bits per heavy atom. The van der Waals surface area contributed by atoms with Crippen LogP contribution in [0.1, 0.15) is 101 Å². The fraction of sp³-hybridized carbons (Fsp3) is 0.771. The first-order chi connectivity index (χ1) is 19.3. The normalized spacial score (nSPS) is 22.8. The van der Waals surface area contributed by atoms with Crippen LogP contribution >= 0.6 is 0 Å². The Morgan fingerprint density at radius 1 is 1.02 bits per heavy atom. The fourth-order valence-corrected chi connectivity index (χ4v) is 6.91. The zero-order chi connectivity index (χ0) is 32.6. The molecule has 0 heterocycles. The molecule has 5 atom stereocenters. The van der Waals surface area contributed by atoms with Crippen molar-refractivity contribution in [3.05, 3.63) is 36.8 Å². The van der Waals surface area contributed by atoms with Crippen molar-refractivity contribution in [3.8, 4) is 0 Å². The predicted molar refractivity (Wildman–Crippen MR) is 179 cm³/mol. The number of rotatable bonds is 15. The summed E-state index contributed by atoms with van der Waals surface area (Å²) in [5, 5.41) is 10.5. The lowest BCUT2D eigenvalue weighted by Gasteiger charge is -2.41. The van der Waals surface area contributed by atoms with Crippen molar-refractivity contribution < 1.29 is 9.59 Å². The van der Waals surface area contributed by atoms with Gasteiger partial charge in [0.2, 0.25) is 5.91 Å². The van der Waals surface area contributed by atoms with E-state index < -0.39 is 0 Å². The van der Waals surface area contributed by atoms with Gasteiger partial charge in [0.1, 0.15) is 6.29 Å². The molecule has 0 aromatic carbocycles. The molecule has 2 fully saturated rings. The molecular weight excluding hydrogens is 522 g/mol. The summed E-state index contributed by atoms with van der Waals surface area (Å²) in [6, 6.07) is -0.303. The van der Waals surface area contributed by atoms with E-state index in [-0.39, 0.29) is 46.2 Å². The van der Waals surface area contributed by atoms with Crippen molar-refractivity contribution in [3.63, 3.8) is 0 Å². The van der Waals surface area contributed by atoms with Gasteiger partial charge in [-0.3, -0.25) is 9.59 Å². The Balaban J connectivity index is 0.00000431. The monoisotopic (exact) mass is 588 g/mol. The van der Waals surface area contributed by atoms with Crippen LogP contribution in [-0.2, 0) is 9.59 Å². The van der Waals surface area contributed by atoms with Gasteiger partial charge >= 0.3 is 0 Å². The van der Waals surface area contributed by atoms with E-state index in [0.717, 1.165) is 24.3 Å². The van der Waals surface area contributed by atoms with Crippen molar-refractivity contribution in [1.82, 2.24) is 20.9 Å². The van der Waals surface area contributed by atoms with Gasteiger partial charge in [-0.05, 0) is 61.8 Å². The molecule has 0 aromatic rings. The fourth-order valence-electron chi connectivity index (χ4n) is 6.91. The van der Waals surface area contributed by atoms with E-state index in [0.29, 0.717) is 23.8 Å². The third-order valence-corrected chi connectivity index (χ3v) is 9.60. The number of carbonyl (C=O) groups is 2. The Labute approximate surface area is 258 Å². The molecule has 7 heteroatoms. The zero-order valence-electron chi connectivity index (χ0n) is 29.0. The summed E-state index contributed by atoms with van der Waals surface area (Å²) < 4.78 is 0. The second-order valence-electron chi connectivity index (χ2n) is 15.2. The average Bonchev–Trinajstić information content (AvgIpc) is 3.44. The molecule has 2 saturated carbocycles. The van der Waals surface area contributed by atoms with Gasteiger partial charge in [-0.15, -0.1) is 0 Å². The minimum Gasteiger partial charge on any atom is -0.376 e. The first-order valence-electron chi connectivity index (χ1n) is 16.0. The average molecular weight is 588 g/mol. The predicted octanol–water partition coefficient (Wildman–Crippen LogP) is 5.99. The van der Waals surface area contributed by atoms with E-state index in [2.05, 4.69) is 109 Å². The maximum absolute atomic E-state index is 13.3. The van der Waals surface area contributed by atoms with E-state index in [4.69, 9.17) is 0 Å². The minimum atomic E-state index is -0.314. The van der Waals surface area contributed by atoms with Gasteiger partial charge in [0.25, 0.3) is 0 Å². The summed E-state index contributed by atoms with van der Waals surface area (Å²) in [5.41, 5.74) is 6.02. The standard InChI is InChI=1S/C34H60N4O2.CH5N/c1-22(2)19-28(23(3)21-39)36-31(40)24(4)29-27(33(29,10)11)20-38(13)25(5)30(32(7,8)9)35-26(6)37-34(12)17-15-14-16-18-34;1-2/h21-22,24,27-30,35,37H,3,5-6,14-20H2,1-2,4,7-13H3,(H,36,40);2H2,1H3/t24?,27-,28?,29?,30?;/m0./s1. The van der Waals surface area contributed by atoms with Crippen molar-refractivity contribution >= 4 is 12.2 Å². The topological polar surface area (TPSA) is 99.5 Å². The largest absolute Gasteiger partial charge is 0.376 e. The number of carbonyl (C=O) groups excluding carboxylic acids is 2. The summed E-state index contributed by atoms with van der Waals surface area (Å²) in [6.07, 6.45) is 7.63. The quantitative estimate of drug-likeness (QED) is 0.139. The molecule has 242 valence electrons. The second-order valence-corrected chi connectivity index (χ2v) is 15.2. The number of likely N-dealkylation sites (N-methyl/N-ethyl adjacent to an activating group) is 1. The molecule has 0 spiro atoms. The van der Waals surface area contributed by atoms with Crippen LogP contribution in [0.3, 0.4) is 0 Å². The summed E-state index contributed by atoms with van der Waals surface area (Å²) in [7, 11) is 3.62. The molecule has 7 nitrogen and oxygen atoms in total. The summed E-state index contributed by atoms with van der Waals surface area (Å²) in [5.74, 6) is 1.66. The molecule has 2 aliphatic carbocycles. The number of amides is 1. The number of nitrogens with two attached hydrogens (primary N) is 1. The second kappa shape index (κ2) is 15.4. The van der Waals surface area contributed by atoms with E-state index in [1.54, 1.807) is 0 Å². The van der Waals surface area contributed by atoms with Crippen molar-refractivity contribution in [1.29, 1.82) is 0 Å². The van der Waals surface area contributed by atoms with E-state index in [1.165, 1.54) is 39.2 Å². The van der Waals surface area contributed by atoms with E-state index >= 15 is 0 Å². The molecule has 0 aliphatic heterocycles. The number of hydrogen-bond acceptors (Lipinski definition) is 6. The third-order valence-electron chi connectivity index (χ3n) is 9.60. The van der Waals surface area contributed by atoms with Gasteiger partial charge in [0, 0.05) is 36.3 Å². The highest BCUT2D eigenvalue weighted by Gasteiger charge is 2.61. The van der Waals surface area contributed by atoms with Crippen LogP contribution in [0.5, 0.6) is 0 Å². The van der Waals surface area contributed by atoms with Gasteiger partial charge in [-0.2, -0.15) is 0 Å². The van der Waals surface area contributed by atoms with Gasteiger partial charge < -0.3 is 26.6 Å². The van der Waals surface area contributed by atoms with Gasteiger partial charge in [-0.25, -0.2) is 0 Å². The first kappa shape index (κ1) is 37.7. The first-order valence-corrected chi connectivity index (χ1v) is 16.0. The molecular formula is C35H65N5O2. The molecule has 2 aliphatic rings. The van der Waals surface area contributed by atoms with E-state index in [1.807, 2.05) is 6.92 Å². The molecule has 42 heavy (non-hydrogen) atoms. The van der Waals surface area contributed by atoms with Crippen LogP contribution in [0.25, 0.3) is 0 Å². The molecule has 0 aromatic heterocycles. The lowest BCUT2D eigenvalue weighted by atomic mass is 9.83. The Kier molecular flexibility index (Phi) is 13.9. The van der Waals surface area contributed by atoms with E-state index in [9.17, 15) is 9.59 Å². The van der Waals surface area contributed by atoms with Crippen LogP contribution in [-0.4, -0.2) is 55.4 Å². The minimum absolute atomic E-state index is 0.00326. The summed E-state index contributed by atoms with van der Waals surface area (Å²) >= 11 is 0. The Hall–Kier alpha value is -2.28. The third kappa shape index (κ3) is 10.2. The number of nitrogens with one attached hydrogen (secondary N) is 3. The van der Waals surface area contributed by atoms with Gasteiger partial charge in [-0.1, -0.05) is 94.4 Å². The highest BCUT2D eigenvalue weighted by molar-refractivity contribution is 5.82. The maximum Gasteiger partial charge on any atom is 0.223 e. The van der Waals surface area contributed by atoms with Crippen LogP contribution in [0.2, 0.25) is 0 Å². The summed E-state index contributed by atoms with van der Waals surface area (Å²) in [6.45, 7) is 33.3. The highest BCUT2D eigenvalue weighted by atomic mass is 16.2. The van der Waals surface area contributed by atoms with Crippen molar-refractivity contribution in [2.45, 2.75) is 118 Å². The molecule has 0 saturated heterocycles. The van der Waals surface area contributed by atoms with Crippen LogP contribution < -0.4 is 21.7 Å². The molecule has 4 unspecified atom stereocenters. The van der Waals surface area contributed by atoms with Crippen LogP contribution in [0.4, 0.5) is 0 Å². The molecule has 2 rings (SSSR count). The van der Waals surface area contributed by atoms with Crippen LogP contribution in [0.15, 0.2) is 36.8 Å².